The lowest BCUT2D eigenvalue weighted by Gasteiger charge is -2.12. The van der Waals surface area contributed by atoms with Crippen LogP contribution in [0.1, 0.15) is 5.56 Å². The predicted octanol–water partition coefficient (Wildman–Crippen LogP) is 4.33. The van der Waals surface area contributed by atoms with Crippen molar-refractivity contribution >= 4 is 45.9 Å². The molecule has 0 aliphatic heterocycles. The molecule has 0 radical (unpaired) electrons. The summed E-state index contributed by atoms with van der Waals surface area (Å²) in [6.07, 6.45) is 2.95. The Morgan fingerprint density at radius 3 is 2.65 bits per heavy atom. The van der Waals surface area contributed by atoms with Gasteiger partial charge in [0, 0.05) is 0 Å². The van der Waals surface area contributed by atoms with Crippen LogP contribution in [-0.2, 0) is 4.79 Å². The molecule has 2 aromatic rings. The summed E-state index contributed by atoms with van der Waals surface area (Å²) in [4.78, 5) is 23.3. The lowest BCUT2D eigenvalue weighted by atomic mass is 10.1. The number of halogens is 1. The molecule has 31 heavy (non-hydrogen) atoms. The zero-order valence-electron chi connectivity index (χ0n) is 16.7. The van der Waals surface area contributed by atoms with E-state index in [9.17, 15) is 20.2 Å². The molecule has 0 aliphatic rings. The number of anilines is 1. The number of benzene rings is 2. The van der Waals surface area contributed by atoms with Crippen LogP contribution in [0.15, 0.2) is 48.6 Å². The number of rotatable bonds is 9. The van der Waals surface area contributed by atoms with Gasteiger partial charge in [0.05, 0.1) is 28.8 Å². The highest BCUT2D eigenvalue weighted by Gasteiger charge is 2.19. The minimum absolute atomic E-state index is 0.0581. The van der Waals surface area contributed by atoms with Gasteiger partial charge in [-0.15, -0.1) is 0 Å². The van der Waals surface area contributed by atoms with Crippen molar-refractivity contribution in [1.29, 1.82) is 5.26 Å². The summed E-state index contributed by atoms with van der Waals surface area (Å²) in [6.45, 7) is 3.89. The zero-order valence-corrected chi connectivity index (χ0v) is 18.8. The number of hydrogen-bond donors (Lipinski definition) is 1. The van der Waals surface area contributed by atoms with Crippen molar-refractivity contribution in [2.75, 3.05) is 26.1 Å². The molecule has 0 atom stereocenters. The van der Waals surface area contributed by atoms with Gasteiger partial charge in [0.2, 0.25) is 0 Å². The number of amides is 1. The van der Waals surface area contributed by atoms with Gasteiger partial charge in [-0.1, -0.05) is 12.7 Å². The van der Waals surface area contributed by atoms with Gasteiger partial charge in [-0.05, 0) is 58.5 Å². The minimum Gasteiger partial charge on any atom is -0.496 e. The van der Waals surface area contributed by atoms with E-state index in [1.54, 1.807) is 18.2 Å². The molecule has 0 saturated carbocycles. The number of carbonyl (C=O) groups excluding carboxylic acids is 1. The highest BCUT2D eigenvalue weighted by molar-refractivity contribution is 14.1. The molecule has 0 heterocycles. The third-order valence-corrected chi connectivity index (χ3v) is 4.72. The summed E-state index contributed by atoms with van der Waals surface area (Å²) in [5.74, 6) is 0.401. The van der Waals surface area contributed by atoms with Crippen LogP contribution in [0.2, 0.25) is 0 Å². The maximum absolute atomic E-state index is 12.6. The maximum atomic E-state index is 12.6. The van der Waals surface area contributed by atoms with E-state index in [1.165, 1.54) is 38.5 Å². The highest BCUT2D eigenvalue weighted by Crippen LogP contribution is 2.35. The van der Waals surface area contributed by atoms with E-state index in [0.717, 1.165) is 0 Å². The molecule has 0 aliphatic carbocycles. The Balaban J connectivity index is 2.37. The van der Waals surface area contributed by atoms with Crippen LogP contribution in [0.3, 0.4) is 0 Å². The summed E-state index contributed by atoms with van der Waals surface area (Å²) >= 11 is 2.05. The van der Waals surface area contributed by atoms with Gasteiger partial charge in [0.1, 0.15) is 29.7 Å². The second kappa shape index (κ2) is 11.0. The molecule has 0 unspecified atom stereocenters. The Morgan fingerprint density at radius 1 is 1.32 bits per heavy atom. The van der Waals surface area contributed by atoms with Gasteiger partial charge in [-0.25, -0.2) is 0 Å². The fourth-order valence-corrected chi connectivity index (χ4v) is 3.29. The summed E-state index contributed by atoms with van der Waals surface area (Å²) in [6, 6.07) is 9.12. The number of hydrogen-bond acceptors (Lipinski definition) is 7. The lowest BCUT2D eigenvalue weighted by Crippen LogP contribution is -2.14. The predicted molar refractivity (Wildman–Crippen MR) is 123 cm³/mol. The van der Waals surface area contributed by atoms with E-state index in [2.05, 4.69) is 11.9 Å². The molecule has 2 aromatic carbocycles. The van der Waals surface area contributed by atoms with Gasteiger partial charge in [0.25, 0.3) is 11.6 Å². The first kappa shape index (κ1) is 23.7. The first-order chi connectivity index (χ1) is 14.8. The molecule has 0 spiro atoms. The average Bonchev–Trinajstić information content (AvgIpc) is 2.76. The van der Waals surface area contributed by atoms with Crippen molar-refractivity contribution in [3.8, 4) is 23.3 Å². The largest absolute Gasteiger partial charge is 0.496 e. The maximum Gasteiger partial charge on any atom is 0.296 e. The van der Waals surface area contributed by atoms with Crippen LogP contribution in [0, 0.1) is 25.0 Å². The number of nitro groups is 1. The third-order valence-electron chi connectivity index (χ3n) is 3.92. The molecule has 1 amide bonds. The summed E-state index contributed by atoms with van der Waals surface area (Å²) < 4.78 is 16.6. The molecule has 160 valence electrons. The molecule has 10 heteroatoms. The lowest BCUT2D eigenvalue weighted by molar-refractivity contribution is -0.384. The standard InChI is InChI=1S/C21H18IN3O6/c1-4-7-31-20-16(22)9-13(10-19(20)30-3)8-14(12-23)21(26)24-17-6-5-15(29-2)11-18(17)25(27)28/h4-6,8-11H,1,7H2,2-3H3,(H,24,26)/b14-8+. The molecule has 2 rings (SSSR count). The third kappa shape index (κ3) is 5.95. The van der Waals surface area contributed by atoms with E-state index in [0.29, 0.717) is 20.6 Å². The van der Waals surface area contributed by atoms with Crippen molar-refractivity contribution in [2.24, 2.45) is 0 Å². The average molecular weight is 535 g/mol. The van der Waals surface area contributed by atoms with Crippen molar-refractivity contribution in [1.82, 2.24) is 0 Å². The Kier molecular flexibility index (Phi) is 8.39. The van der Waals surface area contributed by atoms with Gasteiger partial charge < -0.3 is 19.5 Å². The molecule has 0 fully saturated rings. The number of nitrogens with one attached hydrogen (secondary N) is 1. The van der Waals surface area contributed by atoms with Gasteiger partial charge in [-0.3, -0.25) is 14.9 Å². The van der Waals surface area contributed by atoms with Crippen LogP contribution in [0.5, 0.6) is 17.2 Å². The molecular weight excluding hydrogens is 517 g/mol. The number of methoxy groups -OCH3 is 2. The normalized spacial score (nSPS) is 10.6. The summed E-state index contributed by atoms with van der Waals surface area (Å²) in [5.41, 5.74) is -0.145. The van der Waals surface area contributed by atoms with Crippen LogP contribution in [-0.4, -0.2) is 31.7 Å². The summed E-state index contributed by atoms with van der Waals surface area (Å²) in [5, 5.41) is 23.2. The van der Waals surface area contributed by atoms with E-state index >= 15 is 0 Å². The van der Waals surface area contributed by atoms with Crippen molar-refractivity contribution < 1.29 is 23.9 Å². The Morgan fingerprint density at radius 2 is 2.06 bits per heavy atom. The van der Waals surface area contributed by atoms with E-state index in [4.69, 9.17) is 14.2 Å². The number of nitrogens with zero attached hydrogens (tertiary/aromatic N) is 2. The number of ether oxygens (including phenoxy) is 3. The quantitative estimate of drug-likeness (QED) is 0.127. The Bertz CT molecular complexity index is 1090. The SMILES string of the molecule is C=CCOc1c(I)cc(/C=C(\C#N)C(=O)Nc2ccc(OC)cc2[N+](=O)[O-])cc1OC. The Labute approximate surface area is 192 Å². The van der Waals surface area contributed by atoms with Crippen LogP contribution >= 0.6 is 22.6 Å². The highest BCUT2D eigenvalue weighted by atomic mass is 127. The minimum atomic E-state index is -0.795. The molecule has 9 nitrogen and oxygen atoms in total. The van der Waals surface area contributed by atoms with Crippen LogP contribution < -0.4 is 19.5 Å². The van der Waals surface area contributed by atoms with E-state index < -0.39 is 10.8 Å². The number of nitro benzene ring substituents is 1. The first-order valence-electron chi connectivity index (χ1n) is 8.71. The number of nitriles is 1. The van der Waals surface area contributed by atoms with Crippen LogP contribution in [0.25, 0.3) is 6.08 Å². The van der Waals surface area contributed by atoms with Crippen molar-refractivity contribution in [3.63, 3.8) is 0 Å². The van der Waals surface area contributed by atoms with Crippen molar-refractivity contribution in [2.45, 2.75) is 0 Å². The molecule has 0 bridgehead atoms. The second-order valence-corrected chi connectivity index (χ2v) is 7.06. The van der Waals surface area contributed by atoms with E-state index in [1.807, 2.05) is 28.7 Å². The molecule has 1 N–H and O–H groups in total. The van der Waals surface area contributed by atoms with Gasteiger partial charge in [-0.2, -0.15) is 5.26 Å². The second-order valence-electron chi connectivity index (χ2n) is 5.90. The molecule has 0 aromatic heterocycles. The fourth-order valence-electron chi connectivity index (χ4n) is 2.51. The van der Waals surface area contributed by atoms with Gasteiger partial charge in [0.15, 0.2) is 11.5 Å². The topological polar surface area (TPSA) is 124 Å². The zero-order chi connectivity index (χ0) is 23.0. The number of carbonyl (C=O) groups is 1. The first-order valence-corrected chi connectivity index (χ1v) is 9.79. The smallest absolute Gasteiger partial charge is 0.296 e. The van der Waals surface area contributed by atoms with E-state index in [-0.39, 0.29) is 29.3 Å². The molecular formula is C21H18IN3O6. The molecule has 0 saturated heterocycles. The van der Waals surface area contributed by atoms with Crippen molar-refractivity contribution in [3.05, 3.63) is 67.8 Å². The fraction of sp³-hybridized carbons (Fsp3) is 0.143. The van der Waals surface area contributed by atoms with Gasteiger partial charge >= 0.3 is 0 Å². The Hall–Kier alpha value is -3.59. The van der Waals surface area contributed by atoms with Crippen LogP contribution in [0.4, 0.5) is 11.4 Å². The summed E-state index contributed by atoms with van der Waals surface area (Å²) in [7, 11) is 2.84. The monoisotopic (exact) mass is 535 g/mol.